The minimum absolute atomic E-state index is 0.148. The summed E-state index contributed by atoms with van der Waals surface area (Å²) in [6.07, 6.45) is 1.42. The number of ether oxygens (including phenoxy) is 1. The monoisotopic (exact) mass is 497 g/mol. The summed E-state index contributed by atoms with van der Waals surface area (Å²) in [6.45, 7) is 0.892. The molecule has 0 aliphatic rings. The minimum atomic E-state index is -1.27. The molecule has 0 bridgehead atoms. The molecule has 0 aliphatic heterocycles. The van der Waals surface area contributed by atoms with Crippen LogP contribution >= 0.6 is 11.3 Å². The zero-order chi connectivity index (χ0) is 25.1. The minimum Gasteiger partial charge on any atom is -0.497 e. The van der Waals surface area contributed by atoms with E-state index < -0.39 is 11.4 Å². The van der Waals surface area contributed by atoms with Crippen LogP contribution in [0.15, 0.2) is 89.9 Å². The zero-order valence-corrected chi connectivity index (χ0v) is 20.3. The highest BCUT2D eigenvalue weighted by atomic mass is 32.1. The average Bonchev–Trinajstić information content (AvgIpc) is 3.35. The Kier molecular flexibility index (Phi) is 6.51. The summed E-state index contributed by atoms with van der Waals surface area (Å²) in [5.74, 6) is -0.500. The summed E-state index contributed by atoms with van der Waals surface area (Å²) in [6, 6.07) is 25.6. The first kappa shape index (κ1) is 23.3. The highest BCUT2D eigenvalue weighted by Gasteiger charge is 2.19. The molecule has 3 aromatic carbocycles. The van der Waals surface area contributed by atoms with Crippen LogP contribution in [0.3, 0.4) is 0 Å². The lowest BCUT2D eigenvalue weighted by Crippen LogP contribution is -2.19. The van der Waals surface area contributed by atoms with Gasteiger partial charge in [0, 0.05) is 19.3 Å². The smallest absolute Gasteiger partial charge is 0.341 e. The quantitative estimate of drug-likeness (QED) is 0.294. The van der Waals surface area contributed by atoms with Gasteiger partial charge in [0.05, 0.1) is 7.11 Å². The predicted octanol–water partition coefficient (Wildman–Crippen LogP) is 5.49. The molecule has 8 heteroatoms. The van der Waals surface area contributed by atoms with Gasteiger partial charge in [-0.3, -0.25) is 4.79 Å². The number of nitrogens with one attached hydrogen (secondary N) is 1. The third kappa shape index (κ3) is 4.71. The molecule has 7 nitrogen and oxygen atoms in total. The lowest BCUT2D eigenvalue weighted by molar-refractivity contribution is 0.0695. The van der Waals surface area contributed by atoms with Crippen molar-refractivity contribution in [1.29, 1.82) is 0 Å². The largest absolute Gasteiger partial charge is 0.497 e. The van der Waals surface area contributed by atoms with Crippen LogP contribution in [0.4, 0.5) is 5.13 Å². The van der Waals surface area contributed by atoms with Crippen LogP contribution in [0.2, 0.25) is 0 Å². The molecule has 0 amide bonds. The van der Waals surface area contributed by atoms with Gasteiger partial charge in [0.15, 0.2) is 5.13 Å². The Morgan fingerprint density at radius 3 is 2.47 bits per heavy atom. The van der Waals surface area contributed by atoms with Crippen LogP contribution in [0, 0.1) is 0 Å². The highest BCUT2D eigenvalue weighted by molar-refractivity contribution is 7.21. The normalized spacial score (nSPS) is 10.9. The summed E-state index contributed by atoms with van der Waals surface area (Å²) in [7, 11) is 1.62. The molecule has 2 aromatic heterocycles. The topological polar surface area (TPSA) is 93.4 Å². The fourth-order valence-electron chi connectivity index (χ4n) is 4.06. The van der Waals surface area contributed by atoms with Crippen molar-refractivity contribution in [3.63, 3.8) is 0 Å². The summed E-state index contributed by atoms with van der Waals surface area (Å²) in [5.41, 5.74) is 3.40. The Bertz CT molecular complexity index is 1590. The van der Waals surface area contributed by atoms with Crippen LogP contribution < -0.4 is 15.5 Å². The third-order valence-corrected chi connectivity index (χ3v) is 6.94. The first-order chi connectivity index (χ1) is 17.5. The highest BCUT2D eigenvalue weighted by Crippen LogP contribution is 2.29. The van der Waals surface area contributed by atoms with Crippen molar-refractivity contribution in [2.75, 3.05) is 12.4 Å². The number of hydrogen-bond donors (Lipinski definition) is 2. The van der Waals surface area contributed by atoms with Gasteiger partial charge in [-0.15, -0.1) is 0 Å². The van der Waals surface area contributed by atoms with E-state index in [1.165, 1.54) is 17.5 Å². The number of fused-ring (bicyclic) bond motifs is 1. The molecule has 0 atom stereocenters. The molecule has 0 fully saturated rings. The van der Waals surface area contributed by atoms with Crippen LogP contribution in [-0.2, 0) is 13.1 Å². The molecular weight excluding hydrogens is 474 g/mol. The molecule has 0 aliphatic carbocycles. The van der Waals surface area contributed by atoms with Gasteiger partial charge in [-0.25, -0.2) is 9.78 Å². The summed E-state index contributed by atoms with van der Waals surface area (Å²) in [4.78, 5) is 29.9. The number of aromatic nitrogens is 2. The van der Waals surface area contributed by atoms with Crippen LogP contribution in [0.25, 0.3) is 21.5 Å². The third-order valence-electron chi connectivity index (χ3n) is 5.89. The maximum Gasteiger partial charge on any atom is 0.341 e. The van der Waals surface area contributed by atoms with Crippen molar-refractivity contribution < 1.29 is 14.6 Å². The van der Waals surface area contributed by atoms with Crippen molar-refractivity contribution in [2.24, 2.45) is 0 Å². The number of anilines is 1. The standard InChI is InChI=1S/C28H23N3O4S/c1-35-21-13-11-18(12-14-21)15-29-28-30-24-25(32)23(27(33)34)17-31(26(24)36-28)16-20-9-5-6-10-22(20)19-7-3-2-4-8-19/h2-14,17H,15-16H2,1H3,(H,29,30)(H,33,34). The van der Waals surface area contributed by atoms with E-state index in [-0.39, 0.29) is 11.1 Å². The summed E-state index contributed by atoms with van der Waals surface area (Å²) in [5, 5.41) is 13.5. The lowest BCUT2D eigenvalue weighted by atomic mass is 9.99. The number of carboxylic acid groups (broad SMARTS) is 1. The number of methoxy groups -OCH3 is 1. The van der Waals surface area contributed by atoms with Gasteiger partial charge >= 0.3 is 5.97 Å². The van der Waals surface area contributed by atoms with Crippen LogP contribution in [0.5, 0.6) is 5.75 Å². The maximum absolute atomic E-state index is 12.9. The molecule has 0 radical (unpaired) electrons. The second-order valence-electron chi connectivity index (χ2n) is 8.20. The molecule has 36 heavy (non-hydrogen) atoms. The van der Waals surface area contributed by atoms with E-state index in [2.05, 4.69) is 10.3 Å². The van der Waals surface area contributed by atoms with E-state index >= 15 is 0 Å². The van der Waals surface area contributed by atoms with E-state index in [9.17, 15) is 14.7 Å². The molecular formula is C28H23N3O4S. The van der Waals surface area contributed by atoms with E-state index in [1.54, 1.807) is 11.7 Å². The molecule has 2 N–H and O–H groups in total. The Balaban J connectivity index is 1.53. The Morgan fingerprint density at radius 2 is 1.75 bits per heavy atom. The number of aromatic carboxylic acids is 1. The van der Waals surface area contributed by atoms with Crippen LogP contribution in [0.1, 0.15) is 21.5 Å². The first-order valence-electron chi connectivity index (χ1n) is 11.3. The van der Waals surface area contributed by atoms with Gasteiger partial charge < -0.3 is 19.7 Å². The van der Waals surface area contributed by atoms with Crippen molar-refractivity contribution in [3.8, 4) is 16.9 Å². The molecule has 180 valence electrons. The number of nitrogens with zero attached hydrogens (tertiary/aromatic N) is 2. The van der Waals surface area contributed by atoms with Gasteiger partial charge in [0.2, 0.25) is 5.43 Å². The van der Waals surface area contributed by atoms with E-state index in [1.807, 2.05) is 78.9 Å². The molecule has 0 spiro atoms. The number of benzene rings is 3. The molecule has 2 heterocycles. The first-order valence-corrected chi connectivity index (χ1v) is 12.1. The van der Waals surface area contributed by atoms with Crippen LogP contribution in [-0.4, -0.2) is 27.7 Å². The van der Waals surface area contributed by atoms with Crippen molar-refractivity contribution >= 4 is 32.8 Å². The van der Waals surface area contributed by atoms with Gasteiger partial charge in [-0.05, 0) is 34.4 Å². The molecule has 0 saturated heterocycles. The molecule has 5 rings (SSSR count). The van der Waals surface area contributed by atoms with E-state index in [4.69, 9.17) is 4.74 Å². The average molecular weight is 498 g/mol. The van der Waals surface area contributed by atoms with Gasteiger partial charge in [0.1, 0.15) is 21.7 Å². The molecule has 5 aromatic rings. The number of carbonyl (C=O) groups is 1. The number of hydrogen-bond acceptors (Lipinski definition) is 6. The lowest BCUT2D eigenvalue weighted by Gasteiger charge is -2.13. The SMILES string of the molecule is COc1ccc(CNc2nc3c(=O)c(C(=O)O)cn(Cc4ccccc4-c4ccccc4)c3s2)cc1. The molecule has 0 unspecified atom stereocenters. The summed E-state index contributed by atoms with van der Waals surface area (Å²) < 4.78 is 7.00. The van der Waals surface area contributed by atoms with E-state index in [0.29, 0.717) is 23.1 Å². The summed E-state index contributed by atoms with van der Waals surface area (Å²) >= 11 is 1.33. The van der Waals surface area contributed by atoms with E-state index in [0.717, 1.165) is 28.0 Å². The number of carboxylic acids is 1. The second-order valence-corrected chi connectivity index (χ2v) is 9.18. The Hall–Kier alpha value is -4.43. The number of thiazole rings is 1. The number of rotatable bonds is 8. The Labute approximate surface area is 211 Å². The van der Waals surface area contributed by atoms with Gasteiger partial charge in [-0.2, -0.15) is 0 Å². The fraction of sp³-hybridized carbons (Fsp3) is 0.107. The Morgan fingerprint density at radius 1 is 1.03 bits per heavy atom. The van der Waals surface area contributed by atoms with Gasteiger partial charge in [-0.1, -0.05) is 78.1 Å². The molecule has 0 saturated carbocycles. The fourth-order valence-corrected chi connectivity index (χ4v) is 5.00. The zero-order valence-electron chi connectivity index (χ0n) is 19.5. The maximum atomic E-state index is 12.9. The van der Waals surface area contributed by atoms with Crippen molar-refractivity contribution in [1.82, 2.24) is 9.55 Å². The van der Waals surface area contributed by atoms with Crippen molar-refractivity contribution in [2.45, 2.75) is 13.1 Å². The van der Waals surface area contributed by atoms with Gasteiger partial charge in [0.25, 0.3) is 0 Å². The van der Waals surface area contributed by atoms with Crippen molar-refractivity contribution in [3.05, 3.63) is 112 Å². The predicted molar refractivity (Wildman–Crippen MR) is 142 cm³/mol. The number of pyridine rings is 1. The second kappa shape index (κ2) is 10.1.